The van der Waals surface area contributed by atoms with Crippen LogP contribution in [-0.2, 0) is 10.9 Å². The van der Waals surface area contributed by atoms with Crippen LogP contribution in [-0.4, -0.2) is 57.6 Å². The van der Waals surface area contributed by atoms with E-state index in [4.69, 9.17) is 4.74 Å². The quantitative estimate of drug-likeness (QED) is 0.720. The minimum Gasteiger partial charge on any atom is -0.379 e. The third-order valence-corrected chi connectivity index (χ3v) is 4.58. The van der Waals surface area contributed by atoms with Gasteiger partial charge in [-0.05, 0) is 17.7 Å². The Balaban J connectivity index is 1.62. The van der Waals surface area contributed by atoms with Crippen LogP contribution in [0.5, 0.6) is 0 Å². The van der Waals surface area contributed by atoms with Crippen molar-refractivity contribution in [2.75, 3.05) is 38.2 Å². The number of morpholine rings is 1. The van der Waals surface area contributed by atoms with Gasteiger partial charge in [-0.15, -0.1) is 15.3 Å². The predicted molar refractivity (Wildman–Crippen MR) is 95.8 cm³/mol. The van der Waals surface area contributed by atoms with Gasteiger partial charge in [0.2, 0.25) is 0 Å². The lowest BCUT2D eigenvalue weighted by Gasteiger charge is -2.31. The van der Waals surface area contributed by atoms with E-state index < -0.39 is 12.0 Å². The lowest BCUT2D eigenvalue weighted by Crippen LogP contribution is -2.40. The first-order chi connectivity index (χ1) is 13.5. The van der Waals surface area contributed by atoms with Gasteiger partial charge in [0.1, 0.15) is 5.82 Å². The topological polar surface area (TPSA) is 67.6 Å². The molecule has 1 atom stereocenters. The van der Waals surface area contributed by atoms with Crippen molar-refractivity contribution in [2.24, 2.45) is 0 Å². The summed E-state index contributed by atoms with van der Waals surface area (Å²) in [4.78, 5) is 2.26. The summed E-state index contributed by atoms with van der Waals surface area (Å²) in [6.07, 6.45) is -4.63. The molecule has 0 unspecified atom stereocenters. The minimum atomic E-state index is -4.63. The van der Waals surface area contributed by atoms with Gasteiger partial charge in [0.05, 0.1) is 19.3 Å². The zero-order chi connectivity index (χ0) is 19.6. The molecule has 0 aliphatic carbocycles. The Kier molecular flexibility index (Phi) is 5.14. The molecule has 3 heterocycles. The highest BCUT2D eigenvalue weighted by atomic mass is 19.4. The lowest BCUT2D eigenvalue weighted by molar-refractivity contribution is -0.146. The fraction of sp³-hybridized carbons (Fsp3) is 0.389. The van der Waals surface area contributed by atoms with Gasteiger partial charge in [0.25, 0.3) is 5.82 Å². The highest BCUT2D eigenvalue weighted by molar-refractivity contribution is 5.45. The molecule has 1 aromatic carbocycles. The van der Waals surface area contributed by atoms with Crippen LogP contribution < -0.4 is 5.32 Å². The molecule has 1 N–H and O–H groups in total. The Bertz CT molecular complexity index is 924. The molecule has 0 amide bonds. The molecule has 2 aromatic heterocycles. The van der Waals surface area contributed by atoms with Gasteiger partial charge >= 0.3 is 6.18 Å². The third kappa shape index (κ3) is 4.07. The van der Waals surface area contributed by atoms with E-state index in [0.29, 0.717) is 25.6 Å². The van der Waals surface area contributed by atoms with Crippen molar-refractivity contribution < 1.29 is 17.9 Å². The first-order valence-electron chi connectivity index (χ1n) is 8.92. The van der Waals surface area contributed by atoms with Crippen molar-refractivity contribution in [1.82, 2.24) is 24.7 Å². The average molecular weight is 392 g/mol. The molecule has 28 heavy (non-hydrogen) atoms. The van der Waals surface area contributed by atoms with Crippen LogP contribution in [0.25, 0.3) is 5.65 Å². The second kappa shape index (κ2) is 7.72. The van der Waals surface area contributed by atoms with Crippen molar-refractivity contribution in [3.05, 3.63) is 53.9 Å². The first-order valence-corrected chi connectivity index (χ1v) is 8.92. The number of nitrogens with one attached hydrogen (secondary N) is 1. The van der Waals surface area contributed by atoms with Gasteiger partial charge in [-0.1, -0.05) is 30.3 Å². The van der Waals surface area contributed by atoms with E-state index in [1.54, 1.807) is 6.07 Å². The van der Waals surface area contributed by atoms with E-state index >= 15 is 0 Å². The molecule has 3 aromatic rings. The fourth-order valence-corrected chi connectivity index (χ4v) is 3.18. The van der Waals surface area contributed by atoms with E-state index in [-0.39, 0.29) is 11.7 Å². The summed E-state index contributed by atoms with van der Waals surface area (Å²) in [7, 11) is 0. The van der Waals surface area contributed by atoms with E-state index in [2.05, 4.69) is 25.5 Å². The van der Waals surface area contributed by atoms with Crippen molar-refractivity contribution in [3.8, 4) is 0 Å². The summed E-state index contributed by atoms with van der Waals surface area (Å²) in [6, 6.07) is 12.7. The second-order valence-corrected chi connectivity index (χ2v) is 6.53. The van der Waals surface area contributed by atoms with Crippen molar-refractivity contribution in [1.29, 1.82) is 0 Å². The highest BCUT2D eigenvalue weighted by Crippen LogP contribution is 2.28. The van der Waals surface area contributed by atoms with E-state index in [0.717, 1.165) is 23.2 Å². The Hall–Kier alpha value is -2.72. The lowest BCUT2D eigenvalue weighted by atomic mass is 10.1. The standard InChI is InChI=1S/C18H19F3N6O/c19-18(20,21)17-24-23-16-7-6-15(25-27(16)17)22-14(13-4-2-1-3-5-13)12-26-8-10-28-11-9-26/h1-7,14H,8-12H2,(H,22,25)/t14-/m0/s1. The molecule has 10 heteroatoms. The van der Waals surface area contributed by atoms with E-state index in [1.807, 2.05) is 30.3 Å². The summed E-state index contributed by atoms with van der Waals surface area (Å²) in [5.74, 6) is -0.824. The van der Waals surface area contributed by atoms with E-state index in [1.165, 1.54) is 6.07 Å². The largest absolute Gasteiger partial charge is 0.453 e. The van der Waals surface area contributed by atoms with Crippen molar-refractivity contribution in [2.45, 2.75) is 12.2 Å². The molecular weight excluding hydrogens is 373 g/mol. The number of anilines is 1. The second-order valence-electron chi connectivity index (χ2n) is 6.53. The molecule has 0 bridgehead atoms. The normalized spacial score (nSPS) is 17.0. The van der Waals surface area contributed by atoms with Gasteiger partial charge in [-0.3, -0.25) is 4.90 Å². The van der Waals surface area contributed by atoms with Crippen molar-refractivity contribution in [3.63, 3.8) is 0 Å². The van der Waals surface area contributed by atoms with Crippen LogP contribution in [0, 0.1) is 0 Å². The summed E-state index contributed by atoms with van der Waals surface area (Å²) < 4.78 is 45.5. The minimum absolute atomic E-state index is 0.0438. The van der Waals surface area contributed by atoms with Crippen LogP contribution in [0.1, 0.15) is 17.4 Å². The maximum Gasteiger partial charge on any atom is 0.453 e. The molecule has 1 fully saturated rings. The molecule has 0 saturated carbocycles. The average Bonchev–Trinajstić information content (AvgIpc) is 3.13. The SMILES string of the molecule is FC(F)(F)c1nnc2ccc(N[C@@H](CN3CCOCC3)c3ccccc3)nn12. The number of alkyl halides is 3. The van der Waals surface area contributed by atoms with Crippen LogP contribution in [0.15, 0.2) is 42.5 Å². The Morgan fingerprint density at radius 2 is 1.79 bits per heavy atom. The number of halogens is 3. The van der Waals surface area contributed by atoms with Crippen LogP contribution >= 0.6 is 0 Å². The molecule has 1 aliphatic rings. The fourth-order valence-electron chi connectivity index (χ4n) is 3.18. The van der Waals surface area contributed by atoms with Crippen LogP contribution in [0.3, 0.4) is 0 Å². The predicted octanol–water partition coefficient (Wildman–Crippen LogP) is 2.63. The van der Waals surface area contributed by atoms with Crippen LogP contribution in [0.4, 0.5) is 19.0 Å². The Labute approximate surface area is 159 Å². The maximum atomic E-state index is 13.1. The zero-order valence-corrected chi connectivity index (χ0v) is 14.9. The highest BCUT2D eigenvalue weighted by Gasteiger charge is 2.37. The summed E-state index contributed by atoms with van der Waals surface area (Å²) in [5.41, 5.74) is 1.07. The van der Waals surface area contributed by atoms with Gasteiger partial charge in [-0.2, -0.15) is 17.7 Å². The van der Waals surface area contributed by atoms with E-state index in [9.17, 15) is 13.2 Å². The number of rotatable bonds is 5. The van der Waals surface area contributed by atoms with Gasteiger partial charge in [0.15, 0.2) is 5.65 Å². The number of nitrogens with zero attached hydrogens (tertiary/aromatic N) is 5. The molecule has 0 radical (unpaired) electrons. The first kappa shape index (κ1) is 18.6. The molecular formula is C18H19F3N6O. The van der Waals surface area contributed by atoms with Gasteiger partial charge in [-0.25, -0.2) is 0 Å². The van der Waals surface area contributed by atoms with Gasteiger partial charge in [0, 0.05) is 19.6 Å². The molecule has 7 nitrogen and oxygen atoms in total. The van der Waals surface area contributed by atoms with Gasteiger partial charge < -0.3 is 10.1 Å². The number of benzene rings is 1. The summed E-state index contributed by atoms with van der Waals surface area (Å²) >= 11 is 0. The molecule has 4 rings (SSSR count). The summed E-state index contributed by atoms with van der Waals surface area (Å²) in [6.45, 7) is 3.63. The molecule has 148 valence electrons. The number of aromatic nitrogens is 4. The van der Waals surface area contributed by atoms with Crippen LogP contribution in [0.2, 0.25) is 0 Å². The smallest absolute Gasteiger partial charge is 0.379 e. The Morgan fingerprint density at radius 1 is 1.04 bits per heavy atom. The molecule has 0 spiro atoms. The monoisotopic (exact) mass is 392 g/mol. The molecule has 1 saturated heterocycles. The number of hydrogen-bond acceptors (Lipinski definition) is 6. The zero-order valence-electron chi connectivity index (χ0n) is 14.9. The number of fused-ring (bicyclic) bond motifs is 1. The Morgan fingerprint density at radius 3 is 2.50 bits per heavy atom. The van der Waals surface area contributed by atoms with Crippen molar-refractivity contribution >= 4 is 11.5 Å². The number of hydrogen-bond donors (Lipinski definition) is 1. The molecule has 1 aliphatic heterocycles. The number of ether oxygens (including phenoxy) is 1. The maximum absolute atomic E-state index is 13.1. The third-order valence-electron chi connectivity index (χ3n) is 4.58. The summed E-state index contributed by atoms with van der Waals surface area (Å²) in [5, 5.41) is 14.1.